The van der Waals surface area contributed by atoms with E-state index >= 15 is 0 Å². The van der Waals surface area contributed by atoms with Crippen molar-refractivity contribution in [3.8, 4) is 11.4 Å². The van der Waals surface area contributed by atoms with E-state index < -0.39 is 78.0 Å². The van der Waals surface area contributed by atoms with E-state index in [2.05, 4.69) is 33.5 Å². The zero-order valence-corrected chi connectivity index (χ0v) is 41.4. The molecule has 0 radical (unpaired) electrons. The van der Waals surface area contributed by atoms with Gasteiger partial charge in [-0.15, -0.1) is 0 Å². The lowest BCUT2D eigenvalue weighted by molar-refractivity contribution is -0.172. The molecule has 1 saturated heterocycles. The molecule has 3 aliphatic heterocycles. The highest BCUT2D eigenvalue weighted by atomic mass is 19.1. The topological polar surface area (TPSA) is 274 Å². The molecule has 0 aliphatic carbocycles. The quantitative estimate of drug-likeness (QED) is 0.0270. The van der Waals surface area contributed by atoms with E-state index in [1.165, 1.54) is 36.3 Å². The summed E-state index contributed by atoms with van der Waals surface area (Å²) in [6, 6.07) is 1.27. The number of halogens is 1. The van der Waals surface area contributed by atoms with Gasteiger partial charge in [-0.3, -0.25) is 43.3 Å². The normalized spacial score (nSPS) is 18.7. The Morgan fingerprint density at radius 1 is 0.887 bits per heavy atom. The van der Waals surface area contributed by atoms with Gasteiger partial charge in [0.15, 0.2) is 5.60 Å². The number of aromatic nitrogens is 2. The smallest absolute Gasteiger partial charge is 0.343 e. The fourth-order valence-corrected chi connectivity index (χ4v) is 9.19. The molecule has 6 rings (SSSR count). The number of imide groups is 1. The highest BCUT2D eigenvalue weighted by Gasteiger charge is 2.46. The summed E-state index contributed by atoms with van der Waals surface area (Å²) in [5.74, 6) is -4.67. The Morgan fingerprint density at radius 2 is 1.58 bits per heavy atom. The number of esters is 1. The molecule has 3 aromatic rings. The maximum atomic E-state index is 14.9. The Bertz CT molecular complexity index is 2670. The first-order chi connectivity index (χ1) is 33.7. The first kappa shape index (κ1) is 53.7. The van der Waals surface area contributed by atoms with Crippen molar-refractivity contribution >= 4 is 58.2 Å². The minimum Gasteiger partial charge on any atom is -0.458 e. The molecule has 21 heteroatoms. The molecule has 71 heavy (non-hydrogen) atoms. The number of benzene rings is 1. The van der Waals surface area contributed by atoms with Crippen molar-refractivity contribution in [2.45, 2.75) is 150 Å². The summed E-state index contributed by atoms with van der Waals surface area (Å²) in [6.07, 6.45) is 4.92. The molecule has 0 saturated carbocycles. The van der Waals surface area contributed by atoms with Gasteiger partial charge in [0.1, 0.15) is 43.9 Å². The number of likely N-dealkylation sites (tertiary alicyclic amines) is 1. The number of cyclic esters (lactones) is 1. The van der Waals surface area contributed by atoms with Crippen LogP contribution in [0.2, 0.25) is 0 Å². The Kier molecular flexibility index (Phi) is 17.5. The number of nitrogens with zero attached hydrogens (tertiary/aromatic N) is 3. The molecule has 6 atom stereocenters. The minimum atomic E-state index is -2.04. The average Bonchev–Trinajstić information content (AvgIpc) is 3.84. The van der Waals surface area contributed by atoms with Gasteiger partial charge < -0.3 is 45.7 Å². The molecule has 6 N–H and O–H groups in total. The first-order valence-electron chi connectivity index (χ1n) is 24.4. The Labute approximate surface area is 410 Å². The van der Waals surface area contributed by atoms with Crippen molar-refractivity contribution in [1.29, 1.82) is 0 Å². The minimum absolute atomic E-state index is 0.0393. The van der Waals surface area contributed by atoms with E-state index in [1.54, 1.807) is 26.0 Å². The maximum absolute atomic E-state index is 14.9. The zero-order chi connectivity index (χ0) is 51.9. The lowest BCUT2D eigenvalue weighted by Gasteiger charge is -2.31. The van der Waals surface area contributed by atoms with E-state index in [-0.39, 0.29) is 85.2 Å². The van der Waals surface area contributed by atoms with Crippen LogP contribution in [0.1, 0.15) is 127 Å². The molecular weight excluding hydrogens is 924 g/mol. The van der Waals surface area contributed by atoms with Crippen LogP contribution in [0.15, 0.2) is 23.0 Å². The molecule has 0 spiro atoms. The molecule has 7 amide bonds. The second kappa shape index (κ2) is 23.1. The Balaban J connectivity index is 0.914. The van der Waals surface area contributed by atoms with Crippen LogP contribution < -0.4 is 32.1 Å². The van der Waals surface area contributed by atoms with Crippen molar-refractivity contribution < 1.29 is 57.3 Å². The molecule has 0 bridgehead atoms. The summed E-state index contributed by atoms with van der Waals surface area (Å²) in [7, 11) is 0. The number of hydrogen-bond donors (Lipinski definition) is 6. The highest BCUT2D eigenvalue weighted by Crippen LogP contribution is 2.40. The predicted molar refractivity (Wildman–Crippen MR) is 255 cm³/mol. The van der Waals surface area contributed by atoms with Crippen molar-refractivity contribution in [2.75, 3.05) is 19.9 Å². The third-order valence-electron chi connectivity index (χ3n) is 13.7. The third kappa shape index (κ3) is 12.0. The van der Waals surface area contributed by atoms with Gasteiger partial charge in [0.2, 0.25) is 41.4 Å². The van der Waals surface area contributed by atoms with Crippen LogP contribution in [0.3, 0.4) is 0 Å². The molecule has 2 aromatic heterocycles. The number of ether oxygens (including phenoxy) is 2. The fraction of sp³-hybridized carbons (Fsp3) is 0.560. The highest BCUT2D eigenvalue weighted by molar-refractivity contribution is 6.03. The predicted octanol–water partition coefficient (Wildman–Crippen LogP) is 2.51. The number of carbonyl (C=O) groups excluding carboxylic acids is 8. The third-order valence-corrected chi connectivity index (χ3v) is 13.7. The number of hydrogen-bond acceptors (Lipinski definition) is 13. The van der Waals surface area contributed by atoms with Gasteiger partial charge in [-0.25, -0.2) is 14.2 Å². The SMILES string of the molecule is CCCCC(C)C1CC(=O)N(CCCCCC(=O)N[C@@H](C)C(=O)N[C@@H](C)C(=O)N[C@@H](C)C(=O)NCOCC(=O)NCc2c3c(nc4cc(F)c(C)cc24)-c2cc4c(c(=O)n2C3)COC(=O)[C@]4(O)CC)C1=O. The van der Waals surface area contributed by atoms with Gasteiger partial charge in [-0.1, -0.05) is 40.0 Å². The first-order valence-corrected chi connectivity index (χ1v) is 24.4. The van der Waals surface area contributed by atoms with E-state index in [1.807, 2.05) is 6.92 Å². The van der Waals surface area contributed by atoms with Crippen molar-refractivity contribution in [3.05, 3.63) is 62.2 Å². The number of carbonyl (C=O) groups is 8. The molecule has 3 aliphatic rings. The molecular formula is C50H65FN8O12. The molecule has 1 aromatic carbocycles. The number of aliphatic hydroxyl groups is 1. The summed E-state index contributed by atoms with van der Waals surface area (Å²) in [5, 5.41) is 24.6. The molecule has 1 fully saturated rings. The van der Waals surface area contributed by atoms with Gasteiger partial charge in [-0.2, -0.15) is 0 Å². The monoisotopic (exact) mass is 988 g/mol. The second-order valence-corrected chi connectivity index (χ2v) is 18.8. The van der Waals surface area contributed by atoms with Gasteiger partial charge in [-0.05, 0) is 82.6 Å². The van der Waals surface area contributed by atoms with Crippen molar-refractivity contribution in [3.63, 3.8) is 0 Å². The number of rotatable bonds is 23. The van der Waals surface area contributed by atoms with E-state index in [4.69, 9.17) is 14.5 Å². The van der Waals surface area contributed by atoms with Crippen LogP contribution in [0.5, 0.6) is 0 Å². The largest absolute Gasteiger partial charge is 0.458 e. The zero-order valence-electron chi connectivity index (χ0n) is 41.4. The lowest BCUT2D eigenvalue weighted by atomic mass is 9.86. The van der Waals surface area contributed by atoms with Crippen molar-refractivity contribution in [2.24, 2.45) is 11.8 Å². The second-order valence-electron chi connectivity index (χ2n) is 18.8. The Hall–Kier alpha value is -6.61. The number of pyridine rings is 2. The number of unbranched alkanes of at least 4 members (excludes halogenated alkanes) is 3. The molecule has 5 heterocycles. The van der Waals surface area contributed by atoms with Gasteiger partial charge in [0, 0.05) is 54.4 Å². The number of fused-ring (bicyclic) bond motifs is 5. The van der Waals surface area contributed by atoms with Crippen molar-refractivity contribution in [1.82, 2.24) is 41.0 Å². The summed E-state index contributed by atoms with van der Waals surface area (Å²) < 4.78 is 26.9. The lowest BCUT2D eigenvalue weighted by Crippen LogP contribution is -2.54. The summed E-state index contributed by atoms with van der Waals surface area (Å²) in [5.41, 5.74) is 0.0821. The standard InChI is InChI=1S/C50H65FN8O12/c1-8-10-14-26(3)31-18-42(62)58(47(31)66)16-13-11-12-15-40(60)54-29(6)45(64)56-30(7)46(65)55-28(5)44(63)53-25-70-24-41(61)52-21-33-32-17-27(4)37(51)20-38(32)57-43-34(33)22-59-39(43)19-36-35(48(59)67)23-71-49(68)50(36,69)9-2/h17,19-20,26,28-31,69H,8-16,18,21-25H2,1-7H3,(H,52,61)(H,53,63)(H,54,60)(H,55,65)(H,56,64)/t26?,28-,29-,30-,31?,50-/m0/s1. The van der Waals surface area contributed by atoms with Crippen LogP contribution >= 0.6 is 0 Å². The fourth-order valence-electron chi connectivity index (χ4n) is 9.19. The summed E-state index contributed by atoms with van der Waals surface area (Å²) in [6.45, 7) is 10.6. The van der Waals surface area contributed by atoms with Crippen LogP contribution in [0.4, 0.5) is 4.39 Å². The van der Waals surface area contributed by atoms with Crippen LogP contribution in [-0.4, -0.2) is 105 Å². The Morgan fingerprint density at radius 3 is 2.27 bits per heavy atom. The van der Waals surface area contributed by atoms with E-state index in [0.717, 1.165) is 19.3 Å². The number of aryl methyl sites for hydroxylation is 1. The molecule has 2 unspecified atom stereocenters. The summed E-state index contributed by atoms with van der Waals surface area (Å²) >= 11 is 0. The van der Waals surface area contributed by atoms with E-state index in [9.17, 15) is 52.6 Å². The van der Waals surface area contributed by atoms with Crippen LogP contribution in [0, 0.1) is 24.6 Å². The summed E-state index contributed by atoms with van der Waals surface area (Å²) in [4.78, 5) is 122. The maximum Gasteiger partial charge on any atom is 0.343 e. The van der Waals surface area contributed by atoms with E-state index in [0.29, 0.717) is 59.3 Å². The molecule has 20 nitrogen and oxygen atoms in total. The van der Waals surface area contributed by atoms with Crippen LogP contribution in [-0.2, 0) is 73.1 Å². The van der Waals surface area contributed by atoms with Gasteiger partial charge >= 0.3 is 5.97 Å². The van der Waals surface area contributed by atoms with Gasteiger partial charge in [0.25, 0.3) is 5.56 Å². The van der Waals surface area contributed by atoms with Gasteiger partial charge in [0.05, 0.1) is 29.0 Å². The van der Waals surface area contributed by atoms with Crippen LogP contribution in [0.25, 0.3) is 22.3 Å². The molecule has 384 valence electrons. The number of amides is 7. The average molecular weight is 989 g/mol. The number of nitrogens with one attached hydrogen (secondary N) is 5.